The molecule has 1 aliphatic carbocycles. The summed E-state index contributed by atoms with van der Waals surface area (Å²) in [6.07, 6.45) is 2.50. The Hall–Kier alpha value is -4.40. The molecule has 0 spiro atoms. The number of hydrogen-bond donors (Lipinski definition) is 2. The lowest BCUT2D eigenvalue weighted by Crippen LogP contribution is -2.37. The lowest BCUT2D eigenvalue weighted by molar-refractivity contribution is -0.133. The number of carboxylic acid groups (broad SMARTS) is 1. The van der Waals surface area contributed by atoms with Crippen LogP contribution >= 0.6 is 0 Å². The van der Waals surface area contributed by atoms with E-state index >= 15 is 0 Å². The molecule has 0 atom stereocenters. The number of benzene rings is 2. The third-order valence-corrected chi connectivity index (χ3v) is 6.49. The molecule has 0 bridgehead atoms. The van der Waals surface area contributed by atoms with Gasteiger partial charge in [-0.1, -0.05) is 54.6 Å². The smallest absolute Gasteiger partial charge is 0.411 e. The van der Waals surface area contributed by atoms with Gasteiger partial charge in [0.1, 0.15) is 12.3 Å². The number of nitrogens with one attached hydrogen (secondary N) is 1. The van der Waals surface area contributed by atoms with Gasteiger partial charge >= 0.3 is 12.1 Å². The quantitative estimate of drug-likeness (QED) is 0.586. The zero-order chi connectivity index (χ0) is 24.5. The van der Waals surface area contributed by atoms with E-state index in [1.807, 2.05) is 36.4 Å². The number of aliphatic carboxylic acids is 1. The largest absolute Gasteiger partial charge is 0.478 e. The number of carbonyl (C=O) groups excluding carboxylic acids is 2. The summed E-state index contributed by atoms with van der Waals surface area (Å²) in [6.45, 7) is 0.598. The number of ether oxygens (including phenoxy) is 1. The van der Waals surface area contributed by atoms with Crippen molar-refractivity contribution in [1.29, 1.82) is 0 Å². The topological polar surface area (TPSA) is 114 Å². The molecule has 0 fully saturated rings. The zero-order valence-corrected chi connectivity index (χ0v) is 19.1. The van der Waals surface area contributed by atoms with E-state index < -0.39 is 12.1 Å². The van der Waals surface area contributed by atoms with Crippen molar-refractivity contribution >= 4 is 23.7 Å². The number of aromatic nitrogens is 2. The fourth-order valence-corrected chi connectivity index (χ4v) is 4.72. The van der Waals surface area contributed by atoms with Gasteiger partial charge in [-0.3, -0.25) is 14.8 Å². The molecule has 178 valence electrons. The standard InChI is InChI=1S/C26H24N4O5/c1-29-23(24(31)30-12-10-16(11-13-30)25(32)33)22(14-27-29)28-26(34)35-15-21-19-8-4-2-6-17(19)18-7-3-5-9-20(18)21/h2-10,14,21H,11-13,15H2,1H3,(H,28,34)(H,32,33). The van der Waals surface area contributed by atoms with Crippen LogP contribution in [-0.4, -0.2) is 57.5 Å². The van der Waals surface area contributed by atoms with Crippen molar-refractivity contribution in [2.45, 2.75) is 12.3 Å². The maximum atomic E-state index is 13.1. The Kier molecular flexibility index (Phi) is 5.82. The van der Waals surface area contributed by atoms with Crippen LogP contribution in [0.25, 0.3) is 11.1 Å². The predicted molar refractivity (Wildman–Crippen MR) is 128 cm³/mol. The first kappa shape index (κ1) is 22.4. The van der Waals surface area contributed by atoms with E-state index in [9.17, 15) is 14.4 Å². The van der Waals surface area contributed by atoms with E-state index in [1.54, 1.807) is 7.05 Å². The second-order valence-electron chi connectivity index (χ2n) is 8.52. The van der Waals surface area contributed by atoms with Gasteiger partial charge in [0, 0.05) is 31.6 Å². The lowest BCUT2D eigenvalue weighted by Gasteiger charge is -2.25. The lowest BCUT2D eigenvalue weighted by atomic mass is 9.98. The normalized spacial score (nSPS) is 14.7. The molecule has 1 aliphatic heterocycles. The van der Waals surface area contributed by atoms with E-state index in [-0.39, 0.29) is 54.9 Å². The summed E-state index contributed by atoms with van der Waals surface area (Å²) >= 11 is 0. The van der Waals surface area contributed by atoms with Gasteiger partial charge in [-0.2, -0.15) is 5.10 Å². The molecule has 0 unspecified atom stereocenters. The van der Waals surface area contributed by atoms with E-state index in [0.717, 1.165) is 22.3 Å². The summed E-state index contributed by atoms with van der Waals surface area (Å²) < 4.78 is 6.97. The van der Waals surface area contributed by atoms with Gasteiger partial charge in [0.25, 0.3) is 5.91 Å². The van der Waals surface area contributed by atoms with Gasteiger partial charge in [0.15, 0.2) is 0 Å². The number of anilines is 1. The van der Waals surface area contributed by atoms with Crippen molar-refractivity contribution in [2.75, 3.05) is 25.0 Å². The van der Waals surface area contributed by atoms with Crippen molar-refractivity contribution in [2.24, 2.45) is 7.05 Å². The molecule has 1 aromatic heterocycles. The van der Waals surface area contributed by atoms with Gasteiger partial charge in [-0.15, -0.1) is 0 Å². The van der Waals surface area contributed by atoms with Crippen LogP contribution < -0.4 is 5.32 Å². The average molecular weight is 473 g/mol. The monoisotopic (exact) mass is 472 g/mol. The molecule has 2 aliphatic rings. The second kappa shape index (κ2) is 9.09. The van der Waals surface area contributed by atoms with Crippen LogP contribution in [0.4, 0.5) is 10.5 Å². The average Bonchev–Trinajstić information content (AvgIpc) is 3.39. The number of amides is 2. The number of carbonyl (C=O) groups is 3. The summed E-state index contributed by atoms with van der Waals surface area (Å²) in [5.74, 6) is -1.40. The summed E-state index contributed by atoms with van der Waals surface area (Å²) in [7, 11) is 1.61. The highest BCUT2D eigenvalue weighted by molar-refractivity contribution is 6.01. The Balaban J connectivity index is 1.27. The van der Waals surface area contributed by atoms with Gasteiger partial charge in [0.05, 0.1) is 11.9 Å². The fourth-order valence-electron chi connectivity index (χ4n) is 4.72. The summed E-state index contributed by atoms with van der Waals surface area (Å²) in [5.41, 5.74) is 5.22. The molecule has 35 heavy (non-hydrogen) atoms. The molecule has 2 aromatic carbocycles. The van der Waals surface area contributed by atoms with Gasteiger partial charge in [-0.05, 0) is 28.7 Å². The summed E-state index contributed by atoms with van der Waals surface area (Å²) in [5, 5.41) is 15.9. The zero-order valence-electron chi connectivity index (χ0n) is 19.1. The maximum absolute atomic E-state index is 13.1. The Morgan fingerprint density at radius 1 is 1.09 bits per heavy atom. The third kappa shape index (κ3) is 4.16. The van der Waals surface area contributed by atoms with Crippen LogP contribution in [0.1, 0.15) is 34.0 Å². The van der Waals surface area contributed by atoms with Gasteiger partial charge < -0.3 is 14.7 Å². The summed E-state index contributed by atoms with van der Waals surface area (Å²) in [4.78, 5) is 38.5. The number of fused-ring (bicyclic) bond motifs is 3. The van der Waals surface area contributed by atoms with Crippen molar-refractivity contribution in [1.82, 2.24) is 14.7 Å². The Morgan fingerprint density at radius 2 is 1.74 bits per heavy atom. The molecular weight excluding hydrogens is 448 g/mol. The van der Waals surface area contributed by atoms with Crippen molar-refractivity contribution in [3.05, 3.63) is 83.2 Å². The molecule has 2 N–H and O–H groups in total. The van der Waals surface area contributed by atoms with Crippen LogP contribution in [0.5, 0.6) is 0 Å². The second-order valence-corrected chi connectivity index (χ2v) is 8.52. The van der Waals surface area contributed by atoms with E-state index in [4.69, 9.17) is 9.84 Å². The fraction of sp³-hybridized carbons (Fsp3) is 0.231. The predicted octanol–water partition coefficient (Wildman–Crippen LogP) is 3.64. The highest BCUT2D eigenvalue weighted by Crippen LogP contribution is 2.44. The Morgan fingerprint density at radius 3 is 2.34 bits per heavy atom. The van der Waals surface area contributed by atoms with Gasteiger partial charge in [-0.25, -0.2) is 9.59 Å². The molecule has 2 heterocycles. The van der Waals surface area contributed by atoms with Crippen LogP contribution in [0.15, 0.2) is 66.4 Å². The summed E-state index contributed by atoms with van der Waals surface area (Å²) in [6, 6.07) is 16.2. The van der Waals surface area contributed by atoms with Crippen LogP contribution in [0, 0.1) is 0 Å². The molecule has 3 aromatic rings. The third-order valence-electron chi connectivity index (χ3n) is 6.49. The van der Waals surface area contributed by atoms with Crippen molar-refractivity contribution in [3.63, 3.8) is 0 Å². The Labute approximate surface area is 201 Å². The molecule has 5 rings (SSSR count). The minimum absolute atomic E-state index is 0.0771. The van der Waals surface area contributed by atoms with Crippen molar-refractivity contribution in [3.8, 4) is 11.1 Å². The minimum atomic E-state index is -0.977. The van der Waals surface area contributed by atoms with E-state index in [2.05, 4.69) is 22.5 Å². The van der Waals surface area contributed by atoms with Crippen LogP contribution in [-0.2, 0) is 16.6 Å². The molecule has 0 radical (unpaired) electrons. The number of nitrogens with zero attached hydrogens (tertiary/aromatic N) is 3. The van der Waals surface area contributed by atoms with E-state index in [0.29, 0.717) is 0 Å². The first-order valence-corrected chi connectivity index (χ1v) is 11.3. The van der Waals surface area contributed by atoms with Crippen LogP contribution in [0.2, 0.25) is 0 Å². The van der Waals surface area contributed by atoms with Crippen molar-refractivity contribution < 1.29 is 24.2 Å². The SMILES string of the molecule is Cn1ncc(NC(=O)OCC2c3ccccc3-c3ccccc32)c1C(=O)N1CC=C(C(=O)O)CC1. The molecule has 9 heteroatoms. The molecular formula is C26H24N4O5. The van der Waals surface area contributed by atoms with Crippen LogP contribution in [0.3, 0.4) is 0 Å². The number of rotatable bonds is 5. The highest BCUT2D eigenvalue weighted by Gasteiger charge is 2.30. The highest BCUT2D eigenvalue weighted by atomic mass is 16.5. The Bertz CT molecular complexity index is 1310. The molecule has 2 amide bonds. The van der Waals surface area contributed by atoms with E-state index in [1.165, 1.54) is 21.9 Å². The van der Waals surface area contributed by atoms with Gasteiger partial charge in [0.2, 0.25) is 0 Å². The number of hydrogen-bond acceptors (Lipinski definition) is 5. The molecule has 9 nitrogen and oxygen atoms in total. The first-order valence-electron chi connectivity index (χ1n) is 11.3. The first-order chi connectivity index (χ1) is 16.9. The maximum Gasteiger partial charge on any atom is 0.411 e. The molecule has 0 saturated heterocycles. The molecule has 0 saturated carbocycles. The number of aryl methyl sites for hydroxylation is 1. The minimum Gasteiger partial charge on any atom is -0.478 e. The number of carboxylic acids is 1.